The fraction of sp³-hybridized carbons (Fsp3) is 0.800. The Morgan fingerprint density at radius 1 is 0.917 bits per heavy atom. The van der Waals surface area contributed by atoms with E-state index in [0.29, 0.717) is 5.95 Å². The SMILES string of the molecule is Nc1nc2c(c(NCCC3C4CC5CC(C4)CC3C5)n1)CCCC2. The first-order valence-electron chi connectivity index (χ1n) is 10.2. The normalized spacial score (nSPS) is 36.6. The molecule has 4 nitrogen and oxygen atoms in total. The maximum absolute atomic E-state index is 5.93. The largest absolute Gasteiger partial charge is 0.370 e. The minimum atomic E-state index is 0.438. The van der Waals surface area contributed by atoms with Crippen molar-refractivity contribution in [2.45, 2.75) is 64.2 Å². The summed E-state index contributed by atoms with van der Waals surface area (Å²) < 4.78 is 0. The molecule has 4 heteroatoms. The minimum absolute atomic E-state index is 0.438. The van der Waals surface area contributed by atoms with Crippen LogP contribution in [0.2, 0.25) is 0 Å². The van der Waals surface area contributed by atoms with Crippen LogP contribution in [0.3, 0.4) is 0 Å². The van der Waals surface area contributed by atoms with Gasteiger partial charge >= 0.3 is 0 Å². The molecule has 0 amide bonds. The lowest BCUT2D eigenvalue weighted by Gasteiger charge is -2.54. The van der Waals surface area contributed by atoms with Gasteiger partial charge in [-0.25, -0.2) is 4.98 Å². The average Bonchev–Trinajstić information content (AvgIpc) is 2.56. The molecule has 6 rings (SSSR count). The lowest BCUT2D eigenvalue weighted by molar-refractivity contribution is -0.0381. The van der Waals surface area contributed by atoms with Crippen molar-refractivity contribution in [3.63, 3.8) is 0 Å². The van der Waals surface area contributed by atoms with E-state index in [9.17, 15) is 0 Å². The Morgan fingerprint density at radius 3 is 2.38 bits per heavy atom. The number of hydrogen-bond acceptors (Lipinski definition) is 4. The monoisotopic (exact) mass is 326 g/mol. The van der Waals surface area contributed by atoms with Gasteiger partial charge in [-0.05, 0) is 93.8 Å². The summed E-state index contributed by atoms with van der Waals surface area (Å²) in [6.07, 6.45) is 13.6. The van der Waals surface area contributed by atoms with Gasteiger partial charge in [-0.15, -0.1) is 0 Å². The number of fused-ring (bicyclic) bond motifs is 1. The van der Waals surface area contributed by atoms with Gasteiger partial charge in [-0.3, -0.25) is 0 Å². The van der Waals surface area contributed by atoms with Gasteiger partial charge < -0.3 is 11.1 Å². The summed E-state index contributed by atoms with van der Waals surface area (Å²) >= 11 is 0. The van der Waals surface area contributed by atoms with Crippen LogP contribution in [-0.4, -0.2) is 16.5 Å². The van der Waals surface area contributed by atoms with E-state index in [-0.39, 0.29) is 0 Å². The number of rotatable bonds is 4. The molecule has 4 fully saturated rings. The van der Waals surface area contributed by atoms with E-state index in [1.165, 1.54) is 56.2 Å². The van der Waals surface area contributed by atoms with E-state index >= 15 is 0 Å². The molecule has 4 saturated carbocycles. The number of hydrogen-bond donors (Lipinski definition) is 2. The molecular formula is C20H30N4. The predicted octanol–water partition coefficient (Wildman–Crippen LogP) is 3.81. The molecule has 1 heterocycles. The van der Waals surface area contributed by atoms with Crippen LogP contribution in [0.25, 0.3) is 0 Å². The van der Waals surface area contributed by atoms with Crippen LogP contribution >= 0.6 is 0 Å². The highest BCUT2D eigenvalue weighted by atomic mass is 15.1. The topological polar surface area (TPSA) is 63.8 Å². The summed E-state index contributed by atoms with van der Waals surface area (Å²) in [4.78, 5) is 8.97. The van der Waals surface area contributed by atoms with Crippen molar-refractivity contribution in [3.05, 3.63) is 11.3 Å². The summed E-state index contributed by atoms with van der Waals surface area (Å²) in [5, 5.41) is 3.64. The zero-order chi connectivity index (χ0) is 16.1. The maximum atomic E-state index is 5.93. The van der Waals surface area contributed by atoms with Crippen molar-refractivity contribution >= 4 is 11.8 Å². The van der Waals surface area contributed by atoms with Gasteiger partial charge in [0.2, 0.25) is 5.95 Å². The van der Waals surface area contributed by atoms with Crippen LogP contribution < -0.4 is 11.1 Å². The first kappa shape index (κ1) is 15.0. The van der Waals surface area contributed by atoms with E-state index in [1.54, 1.807) is 6.42 Å². The van der Waals surface area contributed by atoms with Crippen molar-refractivity contribution in [1.82, 2.24) is 9.97 Å². The summed E-state index contributed by atoms with van der Waals surface area (Å²) in [6, 6.07) is 0. The molecule has 4 bridgehead atoms. The molecule has 0 atom stereocenters. The van der Waals surface area contributed by atoms with Crippen LogP contribution in [0, 0.1) is 29.6 Å². The van der Waals surface area contributed by atoms with E-state index in [4.69, 9.17) is 5.73 Å². The number of aromatic nitrogens is 2. The Hall–Kier alpha value is -1.32. The first-order valence-corrected chi connectivity index (χ1v) is 10.2. The standard InChI is InChI=1S/C20H30N4/c21-20-23-18-4-2-1-3-17(18)19(24-20)22-6-5-16-14-8-12-7-13(10-14)11-15(16)9-12/h12-16H,1-11H2,(H3,21,22,23,24). The molecule has 0 spiro atoms. The van der Waals surface area contributed by atoms with Crippen molar-refractivity contribution in [2.24, 2.45) is 29.6 Å². The molecule has 5 aliphatic rings. The molecule has 1 aromatic heterocycles. The Kier molecular flexibility index (Phi) is 3.67. The van der Waals surface area contributed by atoms with E-state index < -0.39 is 0 Å². The third kappa shape index (κ3) is 2.58. The average molecular weight is 326 g/mol. The fourth-order valence-corrected chi connectivity index (χ4v) is 6.63. The summed E-state index contributed by atoms with van der Waals surface area (Å²) in [6.45, 7) is 1.05. The van der Waals surface area contributed by atoms with Gasteiger partial charge in [0, 0.05) is 12.1 Å². The molecule has 0 saturated heterocycles. The summed E-state index contributed by atoms with van der Waals surface area (Å²) in [5.41, 5.74) is 8.45. The van der Waals surface area contributed by atoms with Gasteiger partial charge in [-0.1, -0.05) is 0 Å². The van der Waals surface area contributed by atoms with Crippen molar-refractivity contribution in [2.75, 3.05) is 17.6 Å². The smallest absolute Gasteiger partial charge is 0.222 e. The Balaban J connectivity index is 1.25. The van der Waals surface area contributed by atoms with E-state index in [0.717, 1.165) is 54.8 Å². The van der Waals surface area contributed by atoms with Crippen molar-refractivity contribution in [1.29, 1.82) is 0 Å². The van der Waals surface area contributed by atoms with E-state index in [1.807, 2.05) is 0 Å². The third-order valence-corrected chi connectivity index (χ3v) is 7.39. The fourth-order valence-electron chi connectivity index (χ4n) is 6.63. The molecule has 1 aromatic rings. The number of nitrogens with zero attached hydrogens (tertiary/aromatic N) is 2. The minimum Gasteiger partial charge on any atom is -0.370 e. The first-order chi connectivity index (χ1) is 11.8. The third-order valence-electron chi connectivity index (χ3n) is 7.39. The number of nitrogens with two attached hydrogens (primary N) is 1. The highest BCUT2D eigenvalue weighted by molar-refractivity contribution is 5.50. The molecule has 5 aliphatic carbocycles. The quantitative estimate of drug-likeness (QED) is 0.883. The molecule has 0 aliphatic heterocycles. The lowest BCUT2D eigenvalue weighted by atomic mass is 9.51. The van der Waals surface area contributed by atoms with Gasteiger partial charge in [-0.2, -0.15) is 4.98 Å². The summed E-state index contributed by atoms with van der Waals surface area (Å²) in [5.74, 6) is 6.62. The zero-order valence-corrected chi connectivity index (χ0v) is 14.6. The number of anilines is 2. The zero-order valence-electron chi connectivity index (χ0n) is 14.6. The number of nitrogen functional groups attached to an aromatic ring is 1. The molecule has 24 heavy (non-hydrogen) atoms. The van der Waals surface area contributed by atoms with Gasteiger partial charge in [0.1, 0.15) is 5.82 Å². The molecular weight excluding hydrogens is 296 g/mol. The van der Waals surface area contributed by atoms with Gasteiger partial charge in [0.25, 0.3) is 0 Å². The summed E-state index contributed by atoms with van der Waals surface area (Å²) in [7, 11) is 0. The highest BCUT2D eigenvalue weighted by Crippen LogP contribution is 2.57. The Labute approximate surface area is 145 Å². The molecule has 0 aromatic carbocycles. The number of nitrogens with one attached hydrogen (secondary N) is 1. The van der Waals surface area contributed by atoms with Crippen molar-refractivity contribution < 1.29 is 0 Å². The van der Waals surface area contributed by atoms with Crippen LogP contribution in [0.1, 0.15) is 62.6 Å². The van der Waals surface area contributed by atoms with Crippen LogP contribution in [-0.2, 0) is 12.8 Å². The van der Waals surface area contributed by atoms with E-state index in [2.05, 4.69) is 15.3 Å². The Morgan fingerprint density at radius 2 is 1.62 bits per heavy atom. The lowest BCUT2D eigenvalue weighted by Crippen LogP contribution is -2.45. The molecule has 130 valence electrons. The second-order valence-corrected chi connectivity index (χ2v) is 8.87. The second kappa shape index (κ2) is 5.89. The second-order valence-electron chi connectivity index (χ2n) is 8.87. The van der Waals surface area contributed by atoms with Gasteiger partial charge in [0.15, 0.2) is 0 Å². The van der Waals surface area contributed by atoms with Crippen molar-refractivity contribution in [3.8, 4) is 0 Å². The molecule has 0 unspecified atom stereocenters. The predicted molar refractivity (Wildman–Crippen MR) is 96.7 cm³/mol. The Bertz CT molecular complexity index is 598. The maximum Gasteiger partial charge on any atom is 0.222 e. The van der Waals surface area contributed by atoms with Crippen LogP contribution in [0.15, 0.2) is 0 Å². The van der Waals surface area contributed by atoms with Gasteiger partial charge in [0.05, 0.1) is 5.69 Å². The molecule has 3 N–H and O–H groups in total. The molecule has 0 radical (unpaired) electrons. The number of aryl methyl sites for hydroxylation is 1. The van der Waals surface area contributed by atoms with Crippen LogP contribution in [0.4, 0.5) is 11.8 Å². The van der Waals surface area contributed by atoms with Crippen LogP contribution in [0.5, 0.6) is 0 Å². The highest BCUT2D eigenvalue weighted by Gasteiger charge is 2.47.